The molecule has 0 saturated heterocycles. The monoisotopic (exact) mass is 307 g/mol. The highest BCUT2D eigenvalue weighted by Crippen LogP contribution is 2.20. The summed E-state index contributed by atoms with van der Waals surface area (Å²) < 4.78 is 11.9. The zero-order chi connectivity index (χ0) is 15.4. The third kappa shape index (κ3) is 3.72. The summed E-state index contributed by atoms with van der Waals surface area (Å²) in [7, 11) is 1.57. The number of benzene rings is 1. The van der Waals surface area contributed by atoms with Crippen LogP contribution in [0.1, 0.15) is 16.8 Å². The van der Waals surface area contributed by atoms with E-state index in [2.05, 4.69) is 0 Å². The first-order valence-corrected chi connectivity index (χ1v) is 7.33. The van der Waals surface area contributed by atoms with E-state index in [1.165, 1.54) is 4.57 Å². The topological polar surface area (TPSA) is 57.5 Å². The van der Waals surface area contributed by atoms with Crippen LogP contribution in [0.5, 0.6) is 5.75 Å². The molecule has 0 unspecified atom stereocenters. The van der Waals surface area contributed by atoms with Gasteiger partial charge in [-0.1, -0.05) is 23.0 Å². The largest absolute Gasteiger partial charge is 0.496 e. The normalized spacial score (nSPS) is 10.4. The molecule has 0 N–H and O–H groups in total. The van der Waals surface area contributed by atoms with Crippen LogP contribution < -0.4 is 9.61 Å². The molecule has 5 nitrogen and oxygen atoms in total. The molecule has 0 aliphatic heterocycles. The lowest BCUT2D eigenvalue weighted by Gasteiger charge is -2.10. The number of aryl methyl sites for hydroxylation is 2. The molecule has 0 radical (unpaired) electrons. The van der Waals surface area contributed by atoms with Crippen LogP contribution in [0.25, 0.3) is 0 Å². The first-order valence-electron chi connectivity index (χ1n) is 6.45. The van der Waals surface area contributed by atoms with Gasteiger partial charge in [-0.3, -0.25) is 14.2 Å². The average molecular weight is 307 g/mol. The molecule has 6 heteroatoms. The molecule has 1 heterocycles. The number of carbonyl (C=O) groups is 1. The van der Waals surface area contributed by atoms with E-state index in [1.54, 1.807) is 19.4 Å². The number of methoxy groups -OCH3 is 1. The number of ether oxygens (including phenoxy) is 2. The molecular formula is C15H17NO4S. The van der Waals surface area contributed by atoms with Gasteiger partial charge in [0.25, 0.3) is 0 Å². The lowest BCUT2D eigenvalue weighted by atomic mass is 10.1. The summed E-state index contributed by atoms with van der Waals surface area (Å²) in [6.07, 6.45) is 0. The molecule has 0 bridgehead atoms. The van der Waals surface area contributed by atoms with Crippen molar-refractivity contribution in [3.8, 4) is 5.75 Å². The Labute approximate surface area is 126 Å². The van der Waals surface area contributed by atoms with E-state index in [4.69, 9.17) is 9.47 Å². The average Bonchev–Trinajstić information content (AvgIpc) is 2.77. The predicted molar refractivity (Wildman–Crippen MR) is 80.8 cm³/mol. The molecule has 112 valence electrons. The van der Waals surface area contributed by atoms with E-state index in [0.717, 1.165) is 28.2 Å². The number of aromatic nitrogens is 1. The minimum absolute atomic E-state index is 0.0672. The van der Waals surface area contributed by atoms with Crippen molar-refractivity contribution in [2.45, 2.75) is 27.0 Å². The van der Waals surface area contributed by atoms with Crippen LogP contribution >= 0.6 is 11.3 Å². The molecule has 0 aliphatic carbocycles. The summed E-state index contributed by atoms with van der Waals surface area (Å²) in [4.78, 5) is 23.2. The molecule has 1 aromatic carbocycles. The van der Waals surface area contributed by atoms with Gasteiger partial charge in [-0.25, -0.2) is 0 Å². The van der Waals surface area contributed by atoms with Crippen LogP contribution in [0, 0.1) is 13.8 Å². The van der Waals surface area contributed by atoms with Crippen LogP contribution in [-0.2, 0) is 22.7 Å². The molecule has 1 aromatic heterocycles. The maximum atomic E-state index is 11.9. The highest BCUT2D eigenvalue weighted by Gasteiger charge is 2.11. The Bertz CT molecular complexity index is 702. The fourth-order valence-electron chi connectivity index (χ4n) is 1.95. The van der Waals surface area contributed by atoms with Crippen LogP contribution in [0.4, 0.5) is 0 Å². The van der Waals surface area contributed by atoms with Gasteiger partial charge in [0.05, 0.1) is 7.11 Å². The highest BCUT2D eigenvalue weighted by molar-refractivity contribution is 7.07. The zero-order valence-electron chi connectivity index (χ0n) is 12.2. The smallest absolute Gasteiger partial charge is 0.326 e. The minimum Gasteiger partial charge on any atom is -0.496 e. The summed E-state index contributed by atoms with van der Waals surface area (Å²) in [6, 6.07) is 5.68. The number of hydrogen-bond acceptors (Lipinski definition) is 5. The Morgan fingerprint density at radius 3 is 2.71 bits per heavy atom. The number of carbonyl (C=O) groups excluding carboxylic acids is 1. The second kappa shape index (κ2) is 6.58. The van der Waals surface area contributed by atoms with Crippen LogP contribution in [0.3, 0.4) is 0 Å². The van der Waals surface area contributed by atoms with Gasteiger partial charge in [0.2, 0.25) is 0 Å². The maximum absolute atomic E-state index is 11.9. The van der Waals surface area contributed by atoms with Crippen molar-refractivity contribution in [3.05, 3.63) is 50.1 Å². The SMILES string of the molecule is COc1ccc(C)cc1COC(=O)Cn1c(C)csc1=O. The van der Waals surface area contributed by atoms with Crippen LogP contribution in [-0.4, -0.2) is 17.6 Å². The second-order valence-corrected chi connectivity index (χ2v) is 5.53. The van der Waals surface area contributed by atoms with Gasteiger partial charge in [-0.05, 0) is 26.0 Å². The molecule has 21 heavy (non-hydrogen) atoms. The van der Waals surface area contributed by atoms with Crippen molar-refractivity contribution in [1.29, 1.82) is 0 Å². The van der Waals surface area contributed by atoms with E-state index in [0.29, 0.717) is 5.75 Å². The molecule has 0 fully saturated rings. The number of esters is 1. The molecule has 0 amide bonds. The second-order valence-electron chi connectivity index (χ2n) is 4.71. The van der Waals surface area contributed by atoms with Gasteiger partial charge in [0.15, 0.2) is 0 Å². The van der Waals surface area contributed by atoms with Gasteiger partial charge in [-0.15, -0.1) is 0 Å². The van der Waals surface area contributed by atoms with E-state index in [1.807, 2.05) is 25.1 Å². The summed E-state index contributed by atoms with van der Waals surface area (Å²) in [5.41, 5.74) is 2.63. The van der Waals surface area contributed by atoms with Gasteiger partial charge < -0.3 is 9.47 Å². The first-order chi connectivity index (χ1) is 10.0. The summed E-state index contributed by atoms with van der Waals surface area (Å²) in [5, 5.41) is 1.72. The molecule has 0 aliphatic rings. The van der Waals surface area contributed by atoms with Crippen molar-refractivity contribution in [3.63, 3.8) is 0 Å². The molecule has 0 atom stereocenters. The van der Waals surface area contributed by atoms with Crippen LogP contribution in [0.15, 0.2) is 28.4 Å². The molecule has 2 aromatic rings. The Morgan fingerprint density at radius 2 is 2.10 bits per heavy atom. The Balaban J connectivity index is 2.02. The van der Waals surface area contributed by atoms with Crippen LogP contribution in [0.2, 0.25) is 0 Å². The molecule has 2 rings (SSSR count). The number of nitrogens with zero attached hydrogens (tertiary/aromatic N) is 1. The first kappa shape index (κ1) is 15.3. The molecule has 0 saturated carbocycles. The molecular weight excluding hydrogens is 290 g/mol. The quantitative estimate of drug-likeness (QED) is 0.795. The van der Waals surface area contributed by atoms with Crippen molar-refractivity contribution in [1.82, 2.24) is 4.57 Å². The van der Waals surface area contributed by atoms with E-state index < -0.39 is 5.97 Å². The lowest BCUT2D eigenvalue weighted by molar-refractivity contribution is -0.145. The van der Waals surface area contributed by atoms with Crippen molar-refractivity contribution in [2.75, 3.05) is 7.11 Å². The van der Waals surface area contributed by atoms with E-state index in [-0.39, 0.29) is 18.0 Å². The van der Waals surface area contributed by atoms with Gasteiger partial charge in [0, 0.05) is 16.6 Å². The fourth-order valence-corrected chi connectivity index (χ4v) is 2.68. The number of thiazole rings is 1. The zero-order valence-corrected chi connectivity index (χ0v) is 13.0. The van der Waals surface area contributed by atoms with E-state index in [9.17, 15) is 9.59 Å². The van der Waals surface area contributed by atoms with Crippen molar-refractivity contribution in [2.24, 2.45) is 0 Å². The van der Waals surface area contributed by atoms with Gasteiger partial charge in [0.1, 0.15) is 18.9 Å². The predicted octanol–water partition coefficient (Wildman–Crippen LogP) is 2.28. The standard InChI is InChI=1S/C15H17NO4S/c1-10-4-5-13(19-3)12(6-10)8-20-14(17)7-16-11(2)9-21-15(16)18/h4-6,9H,7-8H2,1-3H3. The minimum atomic E-state index is -0.442. The molecule has 0 spiro atoms. The summed E-state index contributed by atoms with van der Waals surface area (Å²) in [6.45, 7) is 3.80. The van der Waals surface area contributed by atoms with Crippen molar-refractivity contribution < 1.29 is 14.3 Å². The van der Waals surface area contributed by atoms with Crippen molar-refractivity contribution >= 4 is 17.3 Å². The Kier molecular flexibility index (Phi) is 4.80. The Morgan fingerprint density at radius 1 is 1.33 bits per heavy atom. The van der Waals surface area contributed by atoms with Gasteiger partial charge >= 0.3 is 10.8 Å². The third-order valence-corrected chi connectivity index (χ3v) is 3.97. The summed E-state index contributed by atoms with van der Waals surface area (Å²) in [5.74, 6) is 0.236. The number of hydrogen-bond donors (Lipinski definition) is 0. The fraction of sp³-hybridized carbons (Fsp3) is 0.333. The highest BCUT2D eigenvalue weighted by atomic mass is 32.1. The lowest BCUT2D eigenvalue weighted by Crippen LogP contribution is -2.22. The summed E-state index contributed by atoms with van der Waals surface area (Å²) >= 11 is 1.08. The maximum Gasteiger partial charge on any atom is 0.326 e. The van der Waals surface area contributed by atoms with Gasteiger partial charge in [-0.2, -0.15) is 0 Å². The number of rotatable bonds is 5. The Hall–Kier alpha value is -2.08. The van der Waals surface area contributed by atoms with E-state index >= 15 is 0 Å². The third-order valence-electron chi connectivity index (χ3n) is 3.09.